The summed E-state index contributed by atoms with van der Waals surface area (Å²) < 4.78 is 7.32. The average Bonchev–Trinajstić information content (AvgIpc) is 3.35. The highest BCUT2D eigenvalue weighted by molar-refractivity contribution is 5.93. The molecule has 8 nitrogen and oxygen atoms in total. The molecule has 0 unspecified atom stereocenters. The van der Waals surface area contributed by atoms with Gasteiger partial charge in [-0.1, -0.05) is 17.3 Å². The first-order valence-electron chi connectivity index (χ1n) is 9.94. The first kappa shape index (κ1) is 19.0. The third kappa shape index (κ3) is 3.80. The molecule has 1 amide bonds. The number of hydrogen-bond donors (Lipinski definition) is 2. The van der Waals surface area contributed by atoms with E-state index >= 15 is 0 Å². The molecule has 3 heterocycles. The number of amides is 1. The minimum Gasteiger partial charge on any atom is -0.395 e. The van der Waals surface area contributed by atoms with E-state index in [2.05, 4.69) is 26.6 Å². The van der Waals surface area contributed by atoms with Crippen molar-refractivity contribution < 1.29 is 14.6 Å². The fraction of sp³-hybridized carbons (Fsp3) is 0.550. The van der Waals surface area contributed by atoms with Crippen molar-refractivity contribution in [2.24, 2.45) is 0 Å². The van der Waals surface area contributed by atoms with Gasteiger partial charge in [0.25, 0.3) is 5.91 Å². The van der Waals surface area contributed by atoms with Crippen LogP contribution in [0.2, 0.25) is 0 Å². The van der Waals surface area contributed by atoms with E-state index in [0.717, 1.165) is 50.3 Å². The second kappa shape index (κ2) is 8.38. The molecule has 150 valence electrons. The molecule has 2 aliphatic heterocycles. The van der Waals surface area contributed by atoms with E-state index in [1.807, 2.05) is 19.1 Å². The van der Waals surface area contributed by atoms with Crippen molar-refractivity contribution in [3.8, 4) is 5.69 Å². The number of β-amino-alcohol motifs (C(OH)–C–C–N with tert-alkyl or cyclic N) is 1. The number of nitrogens with one attached hydrogen (secondary N) is 1. The van der Waals surface area contributed by atoms with E-state index in [1.165, 1.54) is 11.1 Å². The highest BCUT2D eigenvalue weighted by atomic mass is 16.5. The van der Waals surface area contributed by atoms with Gasteiger partial charge in [0.2, 0.25) is 0 Å². The molecule has 2 aromatic rings. The molecule has 8 heteroatoms. The number of aromatic nitrogens is 3. The van der Waals surface area contributed by atoms with Gasteiger partial charge in [-0.25, -0.2) is 4.68 Å². The van der Waals surface area contributed by atoms with Crippen molar-refractivity contribution >= 4 is 5.91 Å². The summed E-state index contributed by atoms with van der Waals surface area (Å²) in [5, 5.41) is 20.5. The highest BCUT2D eigenvalue weighted by Crippen LogP contribution is 2.26. The number of carbonyl (C=O) groups is 1. The Morgan fingerprint density at radius 2 is 2.32 bits per heavy atom. The maximum atomic E-state index is 12.6. The zero-order valence-corrected chi connectivity index (χ0v) is 16.2. The minimum atomic E-state index is -0.210. The van der Waals surface area contributed by atoms with Crippen molar-refractivity contribution in [1.82, 2.24) is 25.2 Å². The molecule has 2 N–H and O–H groups in total. The average molecular weight is 385 g/mol. The molecular weight excluding hydrogens is 358 g/mol. The summed E-state index contributed by atoms with van der Waals surface area (Å²) >= 11 is 0. The summed E-state index contributed by atoms with van der Waals surface area (Å²) in [5.74, 6) is -0.210. The fourth-order valence-corrected chi connectivity index (χ4v) is 4.04. The van der Waals surface area contributed by atoms with Gasteiger partial charge in [0.15, 0.2) is 5.69 Å². The fourth-order valence-electron chi connectivity index (χ4n) is 4.04. The van der Waals surface area contributed by atoms with E-state index in [-0.39, 0.29) is 18.6 Å². The normalized spacial score (nSPS) is 19.6. The number of ether oxygens (including phenoxy) is 1. The van der Waals surface area contributed by atoms with Gasteiger partial charge in [0, 0.05) is 32.8 Å². The van der Waals surface area contributed by atoms with E-state index < -0.39 is 0 Å². The summed E-state index contributed by atoms with van der Waals surface area (Å²) in [6.07, 6.45) is 3.01. The number of rotatable bonds is 6. The minimum absolute atomic E-state index is 0.0994. The predicted octanol–water partition coefficient (Wildman–Crippen LogP) is 0.835. The van der Waals surface area contributed by atoms with Gasteiger partial charge < -0.3 is 15.2 Å². The molecule has 0 bridgehead atoms. The van der Waals surface area contributed by atoms with Crippen LogP contribution in [0.4, 0.5) is 0 Å². The lowest BCUT2D eigenvalue weighted by Gasteiger charge is -2.29. The van der Waals surface area contributed by atoms with Gasteiger partial charge in [-0.15, -0.1) is 5.10 Å². The Kier molecular flexibility index (Phi) is 5.70. The van der Waals surface area contributed by atoms with Gasteiger partial charge >= 0.3 is 0 Å². The molecule has 2 aliphatic rings. The Labute approximate surface area is 164 Å². The Morgan fingerprint density at radius 1 is 1.43 bits per heavy atom. The largest absolute Gasteiger partial charge is 0.395 e. The molecule has 0 saturated carbocycles. The number of benzene rings is 1. The topological polar surface area (TPSA) is 92.5 Å². The van der Waals surface area contributed by atoms with Crippen LogP contribution in [0.25, 0.3) is 5.69 Å². The quantitative estimate of drug-likeness (QED) is 0.765. The Morgan fingerprint density at radius 3 is 3.11 bits per heavy atom. The molecular formula is C20H27N5O3. The van der Waals surface area contributed by atoms with Gasteiger partial charge in [0.05, 0.1) is 24.1 Å². The molecule has 1 saturated heterocycles. The third-order valence-electron chi connectivity index (χ3n) is 5.59. The van der Waals surface area contributed by atoms with Gasteiger partial charge in [-0.05, 0) is 43.4 Å². The second-order valence-corrected chi connectivity index (χ2v) is 7.44. The lowest BCUT2D eigenvalue weighted by Crippen LogP contribution is -2.33. The van der Waals surface area contributed by atoms with Crippen molar-refractivity contribution in [2.75, 3.05) is 32.8 Å². The van der Waals surface area contributed by atoms with Gasteiger partial charge in [-0.2, -0.15) is 0 Å². The van der Waals surface area contributed by atoms with Crippen LogP contribution in [0.3, 0.4) is 0 Å². The molecule has 0 spiro atoms. The zero-order valence-electron chi connectivity index (χ0n) is 16.2. The van der Waals surface area contributed by atoms with Crippen LogP contribution in [-0.2, 0) is 17.7 Å². The first-order chi connectivity index (χ1) is 13.7. The number of hydrogen-bond acceptors (Lipinski definition) is 6. The number of carbonyl (C=O) groups excluding carboxylic acids is 1. The second-order valence-electron chi connectivity index (χ2n) is 7.44. The molecule has 28 heavy (non-hydrogen) atoms. The summed E-state index contributed by atoms with van der Waals surface area (Å²) in [4.78, 5) is 14.8. The van der Waals surface area contributed by atoms with E-state index in [4.69, 9.17) is 4.74 Å². The SMILES string of the molecule is Cc1c(C(=O)NC[C@@H]2CCCO2)nnn1-c1cccc2c1CCN(CCO)C2. The van der Waals surface area contributed by atoms with E-state index in [9.17, 15) is 9.90 Å². The standard InChI is InChI=1S/C20H27N5O3/c1-14-19(20(27)21-12-16-5-3-11-28-16)22-23-25(14)18-6-2-4-15-13-24(9-10-26)8-7-17(15)18/h2,4,6,16,26H,3,5,7-13H2,1H3,(H,21,27)/t16-/m0/s1. The van der Waals surface area contributed by atoms with Crippen LogP contribution in [0.1, 0.15) is 40.2 Å². The zero-order chi connectivity index (χ0) is 19.5. The number of fused-ring (bicyclic) bond motifs is 1. The van der Waals surface area contributed by atoms with Crippen molar-refractivity contribution in [1.29, 1.82) is 0 Å². The Balaban J connectivity index is 1.53. The van der Waals surface area contributed by atoms with Crippen LogP contribution < -0.4 is 5.32 Å². The maximum absolute atomic E-state index is 12.6. The summed E-state index contributed by atoms with van der Waals surface area (Å²) in [6.45, 7) is 5.71. The van der Waals surface area contributed by atoms with E-state index in [1.54, 1.807) is 4.68 Å². The van der Waals surface area contributed by atoms with Gasteiger partial charge in [0.1, 0.15) is 0 Å². The van der Waals surface area contributed by atoms with Crippen LogP contribution in [0.15, 0.2) is 18.2 Å². The first-order valence-corrected chi connectivity index (χ1v) is 9.94. The summed E-state index contributed by atoms with van der Waals surface area (Å²) in [5.41, 5.74) is 4.53. The summed E-state index contributed by atoms with van der Waals surface area (Å²) in [7, 11) is 0. The summed E-state index contributed by atoms with van der Waals surface area (Å²) in [6, 6.07) is 6.15. The molecule has 1 atom stereocenters. The lowest BCUT2D eigenvalue weighted by atomic mass is 9.97. The van der Waals surface area contributed by atoms with Crippen molar-refractivity contribution in [2.45, 2.75) is 38.8 Å². The smallest absolute Gasteiger partial charge is 0.273 e. The number of nitrogens with zero attached hydrogens (tertiary/aromatic N) is 4. The number of aliphatic hydroxyl groups excluding tert-OH is 1. The molecule has 4 rings (SSSR count). The molecule has 1 aromatic carbocycles. The van der Waals surface area contributed by atoms with Crippen LogP contribution in [0, 0.1) is 6.92 Å². The molecule has 0 aliphatic carbocycles. The monoisotopic (exact) mass is 385 g/mol. The highest BCUT2D eigenvalue weighted by Gasteiger charge is 2.24. The molecule has 1 aromatic heterocycles. The van der Waals surface area contributed by atoms with Crippen LogP contribution in [0.5, 0.6) is 0 Å². The predicted molar refractivity (Wildman–Crippen MR) is 103 cm³/mol. The lowest BCUT2D eigenvalue weighted by molar-refractivity contribution is 0.0853. The Bertz CT molecular complexity index is 844. The molecule has 1 fully saturated rings. The van der Waals surface area contributed by atoms with E-state index in [0.29, 0.717) is 18.8 Å². The van der Waals surface area contributed by atoms with Crippen molar-refractivity contribution in [3.05, 3.63) is 40.7 Å². The van der Waals surface area contributed by atoms with Gasteiger partial charge in [-0.3, -0.25) is 9.69 Å². The third-order valence-corrected chi connectivity index (χ3v) is 5.59. The van der Waals surface area contributed by atoms with Crippen LogP contribution >= 0.6 is 0 Å². The number of aliphatic hydroxyl groups is 1. The maximum Gasteiger partial charge on any atom is 0.273 e. The van der Waals surface area contributed by atoms with Crippen LogP contribution in [-0.4, -0.2) is 69.9 Å². The Hall–Kier alpha value is -2.29. The molecule has 0 radical (unpaired) electrons. The van der Waals surface area contributed by atoms with Crippen molar-refractivity contribution in [3.63, 3.8) is 0 Å².